The van der Waals surface area contributed by atoms with Crippen LogP contribution in [0.15, 0.2) is 12.2 Å². The number of unbranched alkanes of at least 4 members (excludes halogenated alkanes) is 38. The van der Waals surface area contributed by atoms with Gasteiger partial charge in [-0.1, -0.05) is 251 Å². The van der Waals surface area contributed by atoms with E-state index >= 15 is 0 Å². The quantitative estimate of drug-likeness (QED) is 0.0322. The normalized spacial score (nSPS) is 12.7. The summed E-state index contributed by atoms with van der Waals surface area (Å²) >= 11 is 0. The van der Waals surface area contributed by atoms with E-state index < -0.39 is 12.1 Å². The standard InChI is InChI=1S/C55H107NO5/c1-3-5-7-9-11-13-15-17-18-19-20-21-22-25-29-33-37-41-45-49-55(60)61-50-46-42-38-34-30-26-23-24-28-32-36-40-44-48-54(59)56-52(51-57)53(58)47-43-39-35-31-27-16-14-12-10-8-6-4-2/h17-18,52-53,57-58H,3-16,19-51H2,1-2H3,(H,56,59)/b18-17-. The van der Waals surface area contributed by atoms with Crippen LogP contribution >= 0.6 is 0 Å². The van der Waals surface area contributed by atoms with Crippen molar-refractivity contribution in [3.63, 3.8) is 0 Å². The summed E-state index contributed by atoms with van der Waals surface area (Å²) in [5.74, 6) is -0.0529. The summed E-state index contributed by atoms with van der Waals surface area (Å²) in [5, 5.41) is 23.2. The highest BCUT2D eigenvalue weighted by Gasteiger charge is 2.20. The SMILES string of the molecule is CCCCCCCC/C=C\CCCCCCCCCCCC(=O)OCCCCCCCCCCCCCCCC(=O)NC(CO)C(O)CCCCCCCCCCCCCC. The minimum absolute atomic E-state index is 0.00553. The van der Waals surface area contributed by atoms with Crippen molar-refractivity contribution in [2.75, 3.05) is 13.2 Å². The van der Waals surface area contributed by atoms with Gasteiger partial charge in [0.2, 0.25) is 5.91 Å². The molecule has 0 rings (SSSR count). The molecular weight excluding hydrogens is 755 g/mol. The summed E-state index contributed by atoms with van der Waals surface area (Å²) in [7, 11) is 0. The molecule has 0 aromatic heterocycles. The average molecular weight is 862 g/mol. The first kappa shape index (κ1) is 59.6. The first-order valence-corrected chi connectivity index (χ1v) is 27.4. The predicted octanol–water partition coefficient (Wildman–Crippen LogP) is 16.5. The molecule has 2 unspecified atom stereocenters. The molecule has 362 valence electrons. The highest BCUT2D eigenvalue weighted by atomic mass is 16.5. The van der Waals surface area contributed by atoms with Gasteiger partial charge in [0.05, 0.1) is 25.4 Å². The van der Waals surface area contributed by atoms with Crippen molar-refractivity contribution in [1.29, 1.82) is 0 Å². The van der Waals surface area contributed by atoms with Gasteiger partial charge >= 0.3 is 5.97 Å². The zero-order chi connectivity index (χ0) is 44.4. The van der Waals surface area contributed by atoms with Crippen molar-refractivity contribution in [2.24, 2.45) is 0 Å². The van der Waals surface area contributed by atoms with Gasteiger partial charge < -0.3 is 20.3 Å². The number of nitrogens with one attached hydrogen (secondary N) is 1. The largest absolute Gasteiger partial charge is 0.466 e. The lowest BCUT2D eigenvalue weighted by molar-refractivity contribution is -0.143. The van der Waals surface area contributed by atoms with Gasteiger partial charge in [-0.25, -0.2) is 0 Å². The van der Waals surface area contributed by atoms with Gasteiger partial charge in [-0.15, -0.1) is 0 Å². The van der Waals surface area contributed by atoms with Crippen LogP contribution in [0.2, 0.25) is 0 Å². The molecule has 0 saturated heterocycles. The second-order valence-corrected chi connectivity index (χ2v) is 18.9. The molecule has 0 aliphatic rings. The Bertz CT molecular complexity index is 909. The first-order valence-electron chi connectivity index (χ1n) is 27.4. The van der Waals surface area contributed by atoms with Crippen LogP contribution in [0.1, 0.15) is 303 Å². The Hall–Kier alpha value is -1.40. The molecule has 0 spiro atoms. The Morgan fingerprint density at radius 3 is 1.16 bits per heavy atom. The second kappa shape index (κ2) is 51.2. The molecule has 0 aromatic rings. The number of rotatable bonds is 51. The van der Waals surface area contributed by atoms with Gasteiger partial charge in [-0.3, -0.25) is 9.59 Å². The average Bonchev–Trinajstić information content (AvgIpc) is 3.26. The fraction of sp³-hybridized carbons (Fsp3) is 0.927. The summed E-state index contributed by atoms with van der Waals surface area (Å²) in [5.41, 5.74) is 0. The van der Waals surface area contributed by atoms with E-state index in [4.69, 9.17) is 4.74 Å². The maximum atomic E-state index is 12.4. The number of allylic oxidation sites excluding steroid dienone is 2. The first-order chi connectivity index (χ1) is 30.0. The van der Waals surface area contributed by atoms with Crippen molar-refractivity contribution in [1.82, 2.24) is 5.32 Å². The molecule has 1 amide bonds. The monoisotopic (exact) mass is 862 g/mol. The second-order valence-electron chi connectivity index (χ2n) is 18.9. The summed E-state index contributed by atoms with van der Waals surface area (Å²) < 4.78 is 5.48. The Labute approximate surface area is 380 Å². The number of carbonyl (C=O) groups is 2. The summed E-state index contributed by atoms with van der Waals surface area (Å²) in [6.07, 6.45) is 59.0. The molecular formula is C55H107NO5. The molecule has 0 radical (unpaired) electrons. The molecule has 61 heavy (non-hydrogen) atoms. The molecule has 0 aromatic carbocycles. The number of aliphatic hydroxyl groups is 2. The molecule has 6 nitrogen and oxygen atoms in total. The smallest absolute Gasteiger partial charge is 0.305 e. The highest BCUT2D eigenvalue weighted by Crippen LogP contribution is 2.17. The van der Waals surface area contributed by atoms with Gasteiger partial charge in [0.25, 0.3) is 0 Å². The third kappa shape index (κ3) is 47.9. The van der Waals surface area contributed by atoms with E-state index in [0.29, 0.717) is 25.9 Å². The fourth-order valence-electron chi connectivity index (χ4n) is 8.58. The Morgan fingerprint density at radius 2 is 0.770 bits per heavy atom. The number of amides is 1. The van der Waals surface area contributed by atoms with Crippen LogP contribution in [0.5, 0.6) is 0 Å². The molecule has 2 atom stereocenters. The van der Waals surface area contributed by atoms with Crippen LogP contribution in [0, 0.1) is 0 Å². The lowest BCUT2D eigenvalue weighted by Crippen LogP contribution is -2.45. The van der Waals surface area contributed by atoms with Crippen LogP contribution in [0.4, 0.5) is 0 Å². The zero-order valence-corrected chi connectivity index (χ0v) is 41.2. The van der Waals surface area contributed by atoms with E-state index in [1.54, 1.807) is 0 Å². The molecule has 0 heterocycles. The number of ether oxygens (including phenoxy) is 1. The van der Waals surface area contributed by atoms with Crippen molar-refractivity contribution >= 4 is 11.9 Å². The summed E-state index contributed by atoms with van der Waals surface area (Å²) in [6.45, 7) is 4.93. The zero-order valence-electron chi connectivity index (χ0n) is 41.2. The number of hydrogen-bond acceptors (Lipinski definition) is 5. The highest BCUT2D eigenvalue weighted by molar-refractivity contribution is 5.76. The molecule has 0 bridgehead atoms. The van der Waals surface area contributed by atoms with E-state index in [1.807, 2.05) is 0 Å². The van der Waals surface area contributed by atoms with E-state index in [1.165, 1.54) is 218 Å². The number of hydrogen-bond donors (Lipinski definition) is 3. The maximum absolute atomic E-state index is 12.4. The number of carbonyl (C=O) groups excluding carboxylic acids is 2. The van der Waals surface area contributed by atoms with E-state index in [2.05, 4.69) is 31.3 Å². The Kier molecular flexibility index (Phi) is 50.1. The lowest BCUT2D eigenvalue weighted by atomic mass is 10.0. The minimum Gasteiger partial charge on any atom is -0.466 e. The van der Waals surface area contributed by atoms with E-state index in [-0.39, 0.29) is 18.5 Å². The van der Waals surface area contributed by atoms with Crippen molar-refractivity contribution < 1.29 is 24.5 Å². The van der Waals surface area contributed by atoms with Gasteiger partial charge in [0, 0.05) is 12.8 Å². The minimum atomic E-state index is -0.671. The van der Waals surface area contributed by atoms with E-state index in [0.717, 1.165) is 51.4 Å². The van der Waals surface area contributed by atoms with Crippen molar-refractivity contribution in [2.45, 2.75) is 315 Å². The lowest BCUT2D eigenvalue weighted by Gasteiger charge is -2.22. The Morgan fingerprint density at radius 1 is 0.443 bits per heavy atom. The van der Waals surface area contributed by atoms with E-state index in [9.17, 15) is 19.8 Å². The van der Waals surface area contributed by atoms with Crippen LogP contribution in [0.25, 0.3) is 0 Å². The van der Waals surface area contributed by atoms with Gasteiger partial charge in [-0.05, 0) is 51.4 Å². The van der Waals surface area contributed by atoms with Gasteiger partial charge in [0.15, 0.2) is 0 Å². The predicted molar refractivity (Wildman–Crippen MR) is 264 cm³/mol. The van der Waals surface area contributed by atoms with Crippen LogP contribution < -0.4 is 5.32 Å². The molecule has 0 aliphatic carbocycles. The molecule has 0 aliphatic heterocycles. The third-order valence-corrected chi connectivity index (χ3v) is 12.8. The number of esters is 1. The van der Waals surface area contributed by atoms with Crippen LogP contribution in [-0.2, 0) is 14.3 Å². The summed E-state index contributed by atoms with van der Waals surface area (Å²) in [4.78, 5) is 24.5. The molecule has 0 fully saturated rings. The van der Waals surface area contributed by atoms with Crippen molar-refractivity contribution in [3.8, 4) is 0 Å². The molecule has 0 saturated carbocycles. The molecule has 3 N–H and O–H groups in total. The summed E-state index contributed by atoms with van der Waals surface area (Å²) in [6, 6.07) is -0.549. The van der Waals surface area contributed by atoms with Gasteiger partial charge in [-0.2, -0.15) is 0 Å². The maximum Gasteiger partial charge on any atom is 0.305 e. The Balaban J connectivity index is 3.41. The topological polar surface area (TPSA) is 95.9 Å². The van der Waals surface area contributed by atoms with Crippen LogP contribution in [-0.4, -0.2) is 47.4 Å². The fourth-order valence-corrected chi connectivity index (χ4v) is 8.58. The van der Waals surface area contributed by atoms with Gasteiger partial charge in [0.1, 0.15) is 0 Å². The number of aliphatic hydroxyl groups excluding tert-OH is 2. The third-order valence-electron chi connectivity index (χ3n) is 12.8. The van der Waals surface area contributed by atoms with Crippen LogP contribution in [0.3, 0.4) is 0 Å². The molecule has 6 heteroatoms. The van der Waals surface area contributed by atoms with Crippen molar-refractivity contribution in [3.05, 3.63) is 12.2 Å².